The average molecular weight is 298 g/mol. The maximum atomic E-state index is 12.5. The van der Waals surface area contributed by atoms with Crippen molar-refractivity contribution in [1.82, 2.24) is 9.97 Å². The van der Waals surface area contributed by atoms with Crippen LogP contribution in [0.2, 0.25) is 0 Å². The highest BCUT2D eigenvalue weighted by Crippen LogP contribution is 2.35. The Balaban J connectivity index is 1.85. The van der Waals surface area contributed by atoms with Gasteiger partial charge in [0.25, 0.3) is 5.56 Å². The first-order chi connectivity index (χ1) is 10.2. The highest BCUT2D eigenvalue weighted by molar-refractivity contribution is 7.25. The number of hydrogen-bond donors (Lipinski definition) is 1. The van der Waals surface area contributed by atoms with Crippen molar-refractivity contribution >= 4 is 31.6 Å². The van der Waals surface area contributed by atoms with E-state index in [2.05, 4.69) is 18.0 Å². The van der Waals surface area contributed by atoms with E-state index < -0.39 is 0 Å². The van der Waals surface area contributed by atoms with Gasteiger partial charge in [-0.2, -0.15) is 0 Å². The summed E-state index contributed by atoms with van der Waals surface area (Å²) in [5.41, 5.74) is 0.0195. The van der Waals surface area contributed by atoms with E-state index in [4.69, 9.17) is 4.98 Å². The first kappa shape index (κ1) is 13.0. The third-order valence-corrected chi connectivity index (χ3v) is 5.73. The summed E-state index contributed by atoms with van der Waals surface area (Å²) in [6.45, 7) is 2.31. The Kier molecular flexibility index (Phi) is 3.07. The minimum atomic E-state index is 0.0195. The van der Waals surface area contributed by atoms with Crippen LogP contribution in [-0.2, 0) is 0 Å². The fourth-order valence-electron chi connectivity index (χ4n) is 3.37. The van der Waals surface area contributed by atoms with Crippen molar-refractivity contribution in [2.24, 2.45) is 5.92 Å². The molecule has 108 valence electrons. The highest BCUT2D eigenvalue weighted by Gasteiger charge is 2.22. The second kappa shape index (κ2) is 4.95. The molecule has 3 nitrogen and oxygen atoms in total. The maximum absolute atomic E-state index is 12.5. The molecule has 0 bridgehead atoms. The summed E-state index contributed by atoms with van der Waals surface area (Å²) in [5.74, 6) is 2.12. The molecule has 1 saturated carbocycles. The standard InChI is InChI=1S/C17H18N2OS/c1-10-6-8-11(9-7-10)15-18-16(20)14-12-4-2-3-5-13(12)21-17(14)19-15/h2-5,10-11H,6-9H2,1H3,(H,18,19,20). The third kappa shape index (κ3) is 2.18. The van der Waals surface area contributed by atoms with Crippen molar-refractivity contribution in [2.45, 2.75) is 38.5 Å². The molecule has 21 heavy (non-hydrogen) atoms. The van der Waals surface area contributed by atoms with Crippen molar-refractivity contribution in [1.29, 1.82) is 0 Å². The van der Waals surface area contributed by atoms with Crippen LogP contribution in [0.4, 0.5) is 0 Å². The van der Waals surface area contributed by atoms with Gasteiger partial charge in [0, 0.05) is 16.0 Å². The van der Waals surface area contributed by atoms with E-state index in [1.807, 2.05) is 18.2 Å². The number of nitrogens with one attached hydrogen (secondary N) is 1. The Morgan fingerprint density at radius 1 is 1.19 bits per heavy atom. The topological polar surface area (TPSA) is 45.8 Å². The van der Waals surface area contributed by atoms with Crippen LogP contribution in [0.25, 0.3) is 20.3 Å². The molecule has 0 saturated heterocycles. The quantitative estimate of drug-likeness (QED) is 0.722. The largest absolute Gasteiger partial charge is 0.310 e. The van der Waals surface area contributed by atoms with Gasteiger partial charge >= 0.3 is 0 Å². The molecule has 1 aliphatic carbocycles. The van der Waals surface area contributed by atoms with Gasteiger partial charge in [-0.05, 0) is 24.8 Å². The Morgan fingerprint density at radius 2 is 1.95 bits per heavy atom. The minimum Gasteiger partial charge on any atom is -0.310 e. The van der Waals surface area contributed by atoms with Crippen molar-refractivity contribution in [3.8, 4) is 0 Å². The number of aromatic amines is 1. The molecule has 0 radical (unpaired) electrons. The molecule has 0 aliphatic heterocycles. The second-order valence-electron chi connectivity index (χ2n) is 6.19. The predicted octanol–water partition coefficient (Wildman–Crippen LogP) is 4.43. The molecule has 1 N–H and O–H groups in total. The van der Waals surface area contributed by atoms with E-state index in [1.54, 1.807) is 11.3 Å². The number of rotatable bonds is 1. The highest BCUT2D eigenvalue weighted by atomic mass is 32.1. The number of H-pyrrole nitrogens is 1. The van der Waals surface area contributed by atoms with Gasteiger partial charge in [-0.1, -0.05) is 38.0 Å². The van der Waals surface area contributed by atoms with Crippen molar-refractivity contribution < 1.29 is 0 Å². The number of hydrogen-bond acceptors (Lipinski definition) is 3. The van der Waals surface area contributed by atoms with Crippen molar-refractivity contribution in [2.75, 3.05) is 0 Å². The lowest BCUT2D eigenvalue weighted by molar-refractivity contribution is 0.340. The van der Waals surface area contributed by atoms with Gasteiger partial charge in [0.1, 0.15) is 10.7 Å². The molecule has 0 spiro atoms. The number of nitrogens with zero attached hydrogens (tertiary/aromatic N) is 1. The van der Waals surface area contributed by atoms with Gasteiger partial charge in [0.05, 0.1) is 5.39 Å². The zero-order chi connectivity index (χ0) is 14.4. The summed E-state index contributed by atoms with van der Waals surface area (Å²) < 4.78 is 1.14. The van der Waals surface area contributed by atoms with Crippen LogP contribution in [0.1, 0.15) is 44.3 Å². The van der Waals surface area contributed by atoms with Gasteiger partial charge < -0.3 is 4.98 Å². The fourth-order valence-corrected chi connectivity index (χ4v) is 4.46. The number of benzene rings is 1. The lowest BCUT2D eigenvalue weighted by atomic mass is 9.82. The molecule has 0 unspecified atom stereocenters. The van der Waals surface area contributed by atoms with Gasteiger partial charge in [-0.25, -0.2) is 4.98 Å². The van der Waals surface area contributed by atoms with Crippen LogP contribution in [0, 0.1) is 5.92 Å². The van der Waals surface area contributed by atoms with Gasteiger partial charge in [-0.3, -0.25) is 4.79 Å². The summed E-state index contributed by atoms with van der Waals surface area (Å²) in [6.07, 6.45) is 4.75. The maximum Gasteiger partial charge on any atom is 0.260 e. The van der Waals surface area contributed by atoms with E-state index in [0.717, 1.165) is 44.9 Å². The molecule has 1 aliphatic rings. The van der Waals surface area contributed by atoms with E-state index in [9.17, 15) is 4.79 Å². The van der Waals surface area contributed by atoms with E-state index >= 15 is 0 Å². The van der Waals surface area contributed by atoms with Crippen molar-refractivity contribution in [3.63, 3.8) is 0 Å². The molecule has 0 atom stereocenters. The zero-order valence-electron chi connectivity index (χ0n) is 12.1. The summed E-state index contributed by atoms with van der Waals surface area (Å²) >= 11 is 1.62. The number of fused-ring (bicyclic) bond motifs is 3. The first-order valence-electron chi connectivity index (χ1n) is 7.64. The smallest absolute Gasteiger partial charge is 0.260 e. The van der Waals surface area contributed by atoms with Crippen LogP contribution >= 0.6 is 11.3 Å². The summed E-state index contributed by atoms with van der Waals surface area (Å²) in [7, 11) is 0. The fraction of sp³-hybridized carbons (Fsp3) is 0.412. The molecule has 2 aromatic heterocycles. The SMILES string of the molecule is CC1CCC(c2nc3sc4ccccc4c3c(=O)[nH]2)CC1. The number of aromatic nitrogens is 2. The monoisotopic (exact) mass is 298 g/mol. The third-order valence-electron chi connectivity index (χ3n) is 4.67. The zero-order valence-corrected chi connectivity index (χ0v) is 12.9. The Morgan fingerprint density at radius 3 is 2.76 bits per heavy atom. The molecule has 2 heterocycles. The number of thiophene rings is 1. The molecule has 4 heteroatoms. The molecular formula is C17H18N2OS. The summed E-state index contributed by atoms with van der Waals surface area (Å²) in [6, 6.07) is 8.05. The Hall–Kier alpha value is -1.68. The molecule has 1 fully saturated rings. The summed E-state index contributed by atoms with van der Waals surface area (Å²) in [5, 5.41) is 1.78. The van der Waals surface area contributed by atoms with Crippen LogP contribution in [0.5, 0.6) is 0 Å². The van der Waals surface area contributed by atoms with Crippen LogP contribution < -0.4 is 5.56 Å². The lowest BCUT2D eigenvalue weighted by Gasteiger charge is -2.25. The molecule has 3 aromatic rings. The van der Waals surface area contributed by atoms with Gasteiger partial charge in [-0.15, -0.1) is 11.3 Å². The Bertz CT molecular complexity index is 856. The predicted molar refractivity (Wildman–Crippen MR) is 88.1 cm³/mol. The molecular weight excluding hydrogens is 280 g/mol. The first-order valence-corrected chi connectivity index (χ1v) is 8.45. The van der Waals surface area contributed by atoms with Crippen LogP contribution in [0.15, 0.2) is 29.1 Å². The van der Waals surface area contributed by atoms with Crippen LogP contribution in [0.3, 0.4) is 0 Å². The normalized spacial score (nSPS) is 22.9. The summed E-state index contributed by atoms with van der Waals surface area (Å²) in [4.78, 5) is 21.2. The van der Waals surface area contributed by atoms with Crippen LogP contribution in [-0.4, -0.2) is 9.97 Å². The molecule has 0 amide bonds. The average Bonchev–Trinajstić information content (AvgIpc) is 2.86. The van der Waals surface area contributed by atoms with E-state index in [0.29, 0.717) is 5.92 Å². The minimum absolute atomic E-state index is 0.0195. The molecule has 4 rings (SSSR count). The van der Waals surface area contributed by atoms with E-state index in [-0.39, 0.29) is 5.56 Å². The van der Waals surface area contributed by atoms with Crippen molar-refractivity contribution in [3.05, 3.63) is 40.4 Å². The van der Waals surface area contributed by atoms with Gasteiger partial charge in [0.15, 0.2) is 0 Å². The Labute approximate surface area is 127 Å². The second-order valence-corrected chi connectivity index (χ2v) is 7.22. The molecule has 1 aromatic carbocycles. The van der Waals surface area contributed by atoms with Gasteiger partial charge in [0.2, 0.25) is 0 Å². The van der Waals surface area contributed by atoms with E-state index in [1.165, 1.54) is 12.8 Å². The lowest BCUT2D eigenvalue weighted by Crippen LogP contribution is -2.18.